The van der Waals surface area contributed by atoms with Crippen LogP contribution in [0.4, 0.5) is 0 Å². The highest BCUT2D eigenvalue weighted by Crippen LogP contribution is 2.63. The van der Waals surface area contributed by atoms with Crippen LogP contribution in [-0.4, -0.2) is 9.97 Å². The Balaban J connectivity index is 1.06. The van der Waals surface area contributed by atoms with Gasteiger partial charge < -0.3 is 0 Å². The van der Waals surface area contributed by atoms with Crippen LogP contribution in [-0.2, 0) is 5.41 Å². The van der Waals surface area contributed by atoms with Crippen molar-refractivity contribution in [2.45, 2.75) is 5.41 Å². The van der Waals surface area contributed by atoms with Gasteiger partial charge in [0.25, 0.3) is 0 Å². The first-order valence-corrected chi connectivity index (χ1v) is 19.3. The standard InChI is InChI=1S/C51H30N2S/c1-6-20-40-34(13-1)35-14-2-7-21-41(35)51(40)42-22-8-3-15-36(42)47-39(19-11-23-43(47)51)50-52-44-24-9-4-16-37(44)49(53-50)32-29-27-31(28-30-32)33-18-12-26-46-48(33)38-17-5-10-25-45(38)54-46/h1-30H. The number of nitrogens with zero attached hydrogens (tertiary/aromatic N) is 2. The van der Waals surface area contributed by atoms with Crippen molar-refractivity contribution in [2.75, 3.05) is 0 Å². The molecule has 0 bridgehead atoms. The first kappa shape index (κ1) is 29.9. The minimum atomic E-state index is -0.415. The second-order valence-electron chi connectivity index (χ2n) is 14.4. The van der Waals surface area contributed by atoms with E-state index in [2.05, 4.69) is 182 Å². The predicted molar refractivity (Wildman–Crippen MR) is 225 cm³/mol. The fraction of sp³-hybridized carbons (Fsp3) is 0.0196. The third-order valence-corrected chi connectivity index (χ3v) is 12.9. The molecule has 0 saturated heterocycles. The Morgan fingerprint density at radius 2 is 0.907 bits per heavy atom. The van der Waals surface area contributed by atoms with Crippen molar-refractivity contribution in [1.82, 2.24) is 9.97 Å². The van der Waals surface area contributed by atoms with Crippen LogP contribution >= 0.6 is 11.3 Å². The van der Waals surface area contributed by atoms with E-state index in [4.69, 9.17) is 9.97 Å². The van der Waals surface area contributed by atoms with Gasteiger partial charge in [0.2, 0.25) is 0 Å². The Bertz CT molecular complexity index is 3130. The number of hydrogen-bond donors (Lipinski definition) is 0. The lowest BCUT2D eigenvalue weighted by atomic mass is 9.70. The molecule has 0 fully saturated rings. The Kier molecular flexibility index (Phi) is 6.17. The van der Waals surface area contributed by atoms with E-state index in [1.807, 2.05) is 11.3 Å². The van der Waals surface area contributed by atoms with Crippen molar-refractivity contribution in [2.24, 2.45) is 0 Å². The van der Waals surface area contributed by atoms with Gasteiger partial charge in [-0.1, -0.05) is 164 Å². The van der Waals surface area contributed by atoms with Gasteiger partial charge in [0.05, 0.1) is 16.6 Å². The highest BCUT2D eigenvalue weighted by Gasteiger charge is 2.52. The van der Waals surface area contributed by atoms with Crippen molar-refractivity contribution in [3.05, 3.63) is 204 Å². The Labute approximate surface area is 316 Å². The lowest BCUT2D eigenvalue weighted by Crippen LogP contribution is -2.25. The molecule has 2 aliphatic rings. The zero-order chi connectivity index (χ0) is 35.4. The summed E-state index contributed by atoms with van der Waals surface area (Å²) < 4.78 is 2.63. The number of thiophene rings is 1. The van der Waals surface area contributed by atoms with Gasteiger partial charge in [-0.2, -0.15) is 0 Å². The zero-order valence-electron chi connectivity index (χ0n) is 29.1. The van der Waals surface area contributed by atoms with Crippen LogP contribution in [0, 0.1) is 0 Å². The maximum Gasteiger partial charge on any atom is 0.161 e. The molecule has 1 spiro atoms. The fourth-order valence-corrected chi connectivity index (χ4v) is 10.7. The van der Waals surface area contributed by atoms with Crippen molar-refractivity contribution in [3.63, 3.8) is 0 Å². The summed E-state index contributed by atoms with van der Waals surface area (Å²) >= 11 is 1.86. The summed E-state index contributed by atoms with van der Waals surface area (Å²) in [5, 5.41) is 3.68. The third-order valence-electron chi connectivity index (χ3n) is 11.7. The minimum Gasteiger partial charge on any atom is -0.228 e. The molecule has 2 aliphatic carbocycles. The second kappa shape index (κ2) is 11.2. The molecule has 54 heavy (non-hydrogen) atoms. The Hall–Kier alpha value is -6.68. The maximum atomic E-state index is 5.47. The van der Waals surface area contributed by atoms with E-state index in [0.717, 1.165) is 33.5 Å². The van der Waals surface area contributed by atoms with Crippen LogP contribution < -0.4 is 0 Å². The molecule has 0 N–H and O–H groups in total. The normalized spacial score (nSPS) is 13.3. The van der Waals surface area contributed by atoms with Crippen molar-refractivity contribution >= 4 is 42.4 Å². The molecule has 0 unspecified atom stereocenters. The van der Waals surface area contributed by atoms with Crippen LogP contribution in [0.15, 0.2) is 182 Å². The van der Waals surface area contributed by atoms with E-state index < -0.39 is 5.41 Å². The summed E-state index contributed by atoms with van der Waals surface area (Å²) in [5.41, 5.74) is 16.4. The molecule has 0 atom stereocenters. The number of fused-ring (bicyclic) bond motifs is 14. The smallest absolute Gasteiger partial charge is 0.161 e. The lowest BCUT2D eigenvalue weighted by molar-refractivity contribution is 0.794. The van der Waals surface area contributed by atoms with Gasteiger partial charge in [-0.05, 0) is 73.8 Å². The highest BCUT2D eigenvalue weighted by atomic mass is 32.1. The topological polar surface area (TPSA) is 25.8 Å². The Morgan fingerprint density at radius 3 is 1.69 bits per heavy atom. The molecule has 0 radical (unpaired) electrons. The molecule has 2 aromatic heterocycles. The molecule has 10 aromatic rings. The first-order valence-electron chi connectivity index (χ1n) is 18.5. The van der Waals surface area contributed by atoms with Gasteiger partial charge in [0.1, 0.15) is 0 Å². The molecule has 0 aliphatic heterocycles. The summed E-state index contributed by atoms with van der Waals surface area (Å²) in [6, 6.07) is 66.4. The molecule has 2 nitrogen and oxygen atoms in total. The van der Waals surface area contributed by atoms with E-state index in [9.17, 15) is 0 Å². The number of aromatic nitrogens is 2. The number of benzene rings is 8. The van der Waals surface area contributed by atoms with Crippen LogP contribution in [0.1, 0.15) is 22.3 Å². The van der Waals surface area contributed by atoms with Gasteiger partial charge in [0.15, 0.2) is 5.82 Å². The highest BCUT2D eigenvalue weighted by molar-refractivity contribution is 7.25. The van der Waals surface area contributed by atoms with Gasteiger partial charge in [-0.25, -0.2) is 9.97 Å². The van der Waals surface area contributed by atoms with Crippen LogP contribution in [0.2, 0.25) is 0 Å². The molecule has 250 valence electrons. The van der Waals surface area contributed by atoms with Crippen LogP contribution in [0.3, 0.4) is 0 Å². The van der Waals surface area contributed by atoms with Gasteiger partial charge in [0, 0.05) is 36.7 Å². The van der Waals surface area contributed by atoms with Gasteiger partial charge >= 0.3 is 0 Å². The molecule has 8 aromatic carbocycles. The lowest BCUT2D eigenvalue weighted by Gasteiger charge is -2.30. The summed E-state index contributed by atoms with van der Waals surface area (Å²) in [7, 11) is 0. The van der Waals surface area contributed by atoms with Crippen LogP contribution in [0.5, 0.6) is 0 Å². The van der Waals surface area contributed by atoms with E-state index in [1.54, 1.807) is 0 Å². The molecule has 0 saturated carbocycles. The second-order valence-corrected chi connectivity index (χ2v) is 15.5. The maximum absolute atomic E-state index is 5.47. The first-order chi connectivity index (χ1) is 26.8. The molecule has 12 rings (SSSR count). The van der Waals surface area contributed by atoms with Crippen LogP contribution in [0.25, 0.3) is 87.1 Å². The quantitative estimate of drug-likeness (QED) is 0.183. The van der Waals surface area contributed by atoms with Gasteiger partial charge in [-0.15, -0.1) is 11.3 Å². The SMILES string of the molecule is c1ccc2c(c1)-c1ccccc1C21c2ccccc2-c2c(-c3nc(-c4ccc(-c5cccc6sc7ccccc7c56)cc4)c4ccccc4n3)cccc21. The fourth-order valence-electron chi connectivity index (χ4n) is 9.57. The molecular formula is C51H30N2S. The summed E-state index contributed by atoms with van der Waals surface area (Å²) in [5.74, 6) is 0.741. The number of hydrogen-bond acceptors (Lipinski definition) is 3. The molecule has 3 heteroatoms. The minimum absolute atomic E-state index is 0.415. The predicted octanol–water partition coefficient (Wildman–Crippen LogP) is 13.3. The van der Waals surface area contributed by atoms with Crippen molar-refractivity contribution < 1.29 is 0 Å². The molecule has 0 amide bonds. The summed E-state index contributed by atoms with van der Waals surface area (Å²) in [6.45, 7) is 0. The van der Waals surface area contributed by atoms with E-state index in [1.165, 1.54) is 75.8 Å². The average molecular weight is 703 g/mol. The van der Waals surface area contributed by atoms with E-state index >= 15 is 0 Å². The molecular weight excluding hydrogens is 673 g/mol. The molecule has 2 heterocycles. The zero-order valence-corrected chi connectivity index (χ0v) is 29.9. The number of para-hydroxylation sites is 1. The van der Waals surface area contributed by atoms with E-state index in [-0.39, 0.29) is 0 Å². The third kappa shape index (κ3) is 3.94. The summed E-state index contributed by atoms with van der Waals surface area (Å²) in [4.78, 5) is 10.8. The largest absolute Gasteiger partial charge is 0.228 e. The Morgan fingerprint density at radius 1 is 0.370 bits per heavy atom. The number of rotatable bonds is 3. The van der Waals surface area contributed by atoms with E-state index in [0.29, 0.717) is 0 Å². The van der Waals surface area contributed by atoms with Crippen molar-refractivity contribution in [3.8, 4) is 56.0 Å². The summed E-state index contributed by atoms with van der Waals surface area (Å²) in [6.07, 6.45) is 0. The average Bonchev–Trinajstić information content (AvgIpc) is 3.88. The van der Waals surface area contributed by atoms with Gasteiger partial charge in [-0.3, -0.25) is 0 Å². The monoisotopic (exact) mass is 702 g/mol. The van der Waals surface area contributed by atoms with Crippen molar-refractivity contribution in [1.29, 1.82) is 0 Å².